The SMILES string of the molecule is C=C(C)Cn1c(C(=O)NCCC)cc2oc(C)cc21. The van der Waals surface area contributed by atoms with E-state index in [9.17, 15) is 4.79 Å². The number of nitrogens with zero attached hydrogens (tertiary/aromatic N) is 1. The zero-order chi connectivity index (χ0) is 14.0. The van der Waals surface area contributed by atoms with Crippen molar-refractivity contribution in [1.82, 2.24) is 9.88 Å². The highest BCUT2D eigenvalue weighted by atomic mass is 16.3. The molecular formula is C15H20N2O2. The number of allylic oxidation sites excluding steroid dienone is 1. The van der Waals surface area contributed by atoms with Crippen molar-refractivity contribution in [3.05, 3.63) is 35.7 Å². The molecule has 0 spiro atoms. The molecule has 0 saturated heterocycles. The minimum atomic E-state index is -0.0628. The fraction of sp³-hybridized carbons (Fsp3) is 0.400. The van der Waals surface area contributed by atoms with E-state index in [0.717, 1.165) is 28.9 Å². The Balaban J connectivity index is 2.43. The van der Waals surface area contributed by atoms with E-state index in [1.54, 1.807) is 6.07 Å². The average Bonchev–Trinajstić information content (AvgIpc) is 2.84. The quantitative estimate of drug-likeness (QED) is 0.839. The van der Waals surface area contributed by atoms with Crippen molar-refractivity contribution in [2.75, 3.05) is 6.54 Å². The van der Waals surface area contributed by atoms with Crippen molar-refractivity contribution in [2.45, 2.75) is 33.7 Å². The number of aromatic nitrogens is 1. The van der Waals surface area contributed by atoms with Crippen LogP contribution in [0.4, 0.5) is 0 Å². The zero-order valence-electron chi connectivity index (χ0n) is 11.7. The molecule has 0 unspecified atom stereocenters. The van der Waals surface area contributed by atoms with Gasteiger partial charge in [0.2, 0.25) is 0 Å². The van der Waals surface area contributed by atoms with Gasteiger partial charge in [0.15, 0.2) is 5.58 Å². The summed E-state index contributed by atoms with van der Waals surface area (Å²) in [7, 11) is 0. The monoisotopic (exact) mass is 260 g/mol. The predicted octanol–water partition coefficient (Wildman–Crippen LogP) is 3.26. The lowest BCUT2D eigenvalue weighted by Gasteiger charge is -2.09. The van der Waals surface area contributed by atoms with Gasteiger partial charge in [-0.2, -0.15) is 0 Å². The van der Waals surface area contributed by atoms with E-state index in [1.165, 1.54) is 0 Å². The highest BCUT2D eigenvalue weighted by molar-refractivity contribution is 5.97. The van der Waals surface area contributed by atoms with E-state index in [1.807, 2.05) is 31.4 Å². The first kappa shape index (κ1) is 13.5. The smallest absolute Gasteiger partial charge is 0.268 e. The number of hydrogen-bond donors (Lipinski definition) is 1. The summed E-state index contributed by atoms with van der Waals surface area (Å²) >= 11 is 0. The third-order valence-electron chi connectivity index (χ3n) is 2.91. The van der Waals surface area contributed by atoms with E-state index >= 15 is 0 Å². The van der Waals surface area contributed by atoms with Gasteiger partial charge in [-0.05, 0) is 20.3 Å². The van der Waals surface area contributed by atoms with Gasteiger partial charge in [0.25, 0.3) is 5.91 Å². The third kappa shape index (κ3) is 2.72. The second kappa shape index (κ2) is 5.34. The molecule has 0 aliphatic rings. The predicted molar refractivity (Wildman–Crippen MR) is 76.4 cm³/mol. The Hall–Kier alpha value is -1.97. The van der Waals surface area contributed by atoms with Crippen molar-refractivity contribution < 1.29 is 9.21 Å². The lowest BCUT2D eigenvalue weighted by atomic mass is 10.3. The number of aryl methyl sites for hydroxylation is 1. The summed E-state index contributed by atoms with van der Waals surface area (Å²) in [5, 5.41) is 2.90. The number of fused-ring (bicyclic) bond motifs is 1. The number of furan rings is 1. The number of amides is 1. The van der Waals surface area contributed by atoms with Gasteiger partial charge in [-0.3, -0.25) is 4.79 Å². The van der Waals surface area contributed by atoms with Crippen LogP contribution in [0, 0.1) is 6.92 Å². The van der Waals surface area contributed by atoms with E-state index in [2.05, 4.69) is 11.9 Å². The Morgan fingerprint density at radius 3 is 2.84 bits per heavy atom. The molecule has 0 radical (unpaired) electrons. The van der Waals surface area contributed by atoms with Gasteiger partial charge < -0.3 is 14.3 Å². The minimum Gasteiger partial charge on any atom is -0.460 e. The summed E-state index contributed by atoms with van der Waals surface area (Å²) in [4.78, 5) is 12.2. The van der Waals surface area contributed by atoms with Crippen molar-refractivity contribution >= 4 is 17.0 Å². The van der Waals surface area contributed by atoms with Gasteiger partial charge >= 0.3 is 0 Å². The van der Waals surface area contributed by atoms with Crippen molar-refractivity contribution in [3.63, 3.8) is 0 Å². The molecule has 0 aromatic carbocycles. The minimum absolute atomic E-state index is 0.0628. The Morgan fingerprint density at radius 2 is 2.21 bits per heavy atom. The molecule has 0 saturated carbocycles. The molecule has 0 aliphatic carbocycles. The van der Waals surface area contributed by atoms with Crippen LogP contribution in [-0.2, 0) is 6.54 Å². The van der Waals surface area contributed by atoms with Crippen molar-refractivity contribution in [2.24, 2.45) is 0 Å². The van der Waals surface area contributed by atoms with Crippen LogP contribution in [0.3, 0.4) is 0 Å². The molecule has 19 heavy (non-hydrogen) atoms. The maximum Gasteiger partial charge on any atom is 0.268 e. The van der Waals surface area contributed by atoms with Crippen LogP contribution in [-0.4, -0.2) is 17.0 Å². The summed E-state index contributed by atoms with van der Waals surface area (Å²) in [6.45, 7) is 11.1. The molecule has 0 aliphatic heterocycles. The van der Waals surface area contributed by atoms with Crippen LogP contribution in [0.15, 0.2) is 28.7 Å². The van der Waals surface area contributed by atoms with E-state index in [-0.39, 0.29) is 5.91 Å². The highest BCUT2D eigenvalue weighted by Gasteiger charge is 2.17. The third-order valence-corrected chi connectivity index (χ3v) is 2.91. The van der Waals surface area contributed by atoms with Gasteiger partial charge in [0, 0.05) is 25.2 Å². The number of carbonyl (C=O) groups is 1. The number of hydrogen-bond acceptors (Lipinski definition) is 2. The van der Waals surface area contributed by atoms with Gasteiger partial charge in [-0.1, -0.05) is 19.1 Å². The first-order valence-electron chi connectivity index (χ1n) is 6.55. The van der Waals surface area contributed by atoms with Crippen LogP contribution in [0.5, 0.6) is 0 Å². The molecule has 102 valence electrons. The van der Waals surface area contributed by atoms with Crippen molar-refractivity contribution in [3.8, 4) is 0 Å². The molecule has 2 aromatic heterocycles. The maximum atomic E-state index is 12.2. The summed E-state index contributed by atoms with van der Waals surface area (Å²) in [6.07, 6.45) is 0.919. The summed E-state index contributed by atoms with van der Waals surface area (Å²) in [6, 6.07) is 3.76. The molecule has 2 heterocycles. The topological polar surface area (TPSA) is 47.2 Å². The van der Waals surface area contributed by atoms with E-state index in [0.29, 0.717) is 18.8 Å². The molecule has 0 fully saturated rings. The Morgan fingerprint density at radius 1 is 1.47 bits per heavy atom. The Bertz CT molecular complexity index is 619. The summed E-state index contributed by atoms with van der Waals surface area (Å²) < 4.78 is 7.55. The van der Waals surface area contributed by atoms with E-state index in [4.69, 9.17) is 4.42 Å². The fourth-order valence-electron chi connectivity index (χ4n) is 2.12. The van der Waals surface area contributed by atoms with Gasteiger partial charge in [0.05, 0.1) is 5.52 Å². The van der Waals surface area contributed by atoms with Crippen LogP contribution < -0.4 is 5.32 Å². The Kier molecular flexibility index (Phi) is 3.79. The molecule has 1 N–H and O–H groups in total. The molecule has 2 rings (SSSR count). The van der Waals surface area contributed by atoms with Crippen LogP contribution >= 0.6 is 0 Å². The van der Waals surface area contributed by atoms with Crippen LogP contribution in [0.1, 0.15) is 36.5 Å². The normalized spacial score (nSPS) is 10.9. The number of carbonyl (C=O) groups excluding carboxylic acids is 1. The standard InChI is InChI=1S/C15H20N2O2/c1-5-6-16-15(18)13-8-14-12(7-11(4)19-14)17(13)9-10(2)3/h7-8H,2,5-6,9H2,1,3-4H3,(H,16,18). The summed E-state index contributed by atoms with van der Waals surface area (Å²) in [5.74, 6) is 0.785. The Labute approximate surface area is 113 Å². The highest BCUT2D eigenvalue weighted by Crippen LogP contribution is 2.24. The number of nitrogens with one attached hydrogen (secondary N) is 1. The molecule has 0 bridgehead atoms. The lowest BCUT2D eigenvalue weighted by molar-refractivity contribution is 0.0945. The first-order chi connectivity index (χ1) is 9.02. The van der Waals surface area contributed by atoms with Crippen LogP contribution in [0.25, 0.3) is 11.1 Å². The zero-order valence-corrected chi connectivity index (χ0v) is 11.7. The number of rotatable bonds is 5. The lowest BCUT2D eigenvalue weighted by Crippen LogP contribution is -2.26. The largest absolute Gasteiger partial charge is 0.460 e. The molecule has 4 nitrogen and oxygen atoms in total. The second-order valence-electron chi connectivity index (χ2n) is 4.94. The molecule has 1 amide bonds. The average molecular weight is 260 g/mol. The second-order valence-corrected chi connectivity index (χ2v) is 4.94. The van der Waals surface area contributed by atoms with Crippen LogP contribution in [0.2, 0.25) is 0 Å². The van der Waals surface area contributed by atoms with Gasteiger partial charge in [0.1, 0.15) is 11.5 Å². The first-order valence-corrected chi connectivity index (χ1v) is 6.55. The summed E-state index contributed by atoms with van der Waals surface area (Å²) in [5.41, 5.74) is 3.33. The van der Waals surface area contributed by atoms with Gasteiger partial charge in [-0.25, -0.2) is 0 Å². The molecular weight excluding hydrogens is 240 g/mol. The fourth-order valence-corrected chi connectivity index (χ4v) is 2.12. The molecule has 0 atom stereocenters. The molecule has 4 heteroatoms. The van der Waals surface area contributed by atoms with E-state index < -0.39 is 0 Å². The molecule has 2 aromatic rings. The van der Waals surface area contributed by atoms with Crippen molar-refractivity contribution in [1.29, 1.82) is 0 Å². The van der Waals surface area contributed by atoms with Gasteiger partial charge in [-0.15, -0.1) is 0 Å². The maximum absolute atomic E-state index is 12.2.